The van der Waals surface area contributed by atoms with Gasteiger partial charge in [0.25, 0.3) is 0 Å². The van der Waals surface area contributed by atoms with Gasteiger partial charge in [-0.2, -0.15) is 0 Å². The summed E-state index contributed by atoms with van der Waals surface area (Å²) < 4.78 is 0. The van der Waals surface area contributed by atoms with Gasteiger partial charge in [0.05, 0.1) is 5.92 Å². The number of carbonyl (C=O) groups excluding carboxylic acids is 2. The summed E-state index contributed by atoms with van der Waals surface area (Å²) in [6.07, 6.45) is 2.37. The molecule has 0 aliphatic heterocycles. The number of hydrogen-bond donors (Lipinski definition) is 3. The van der Waals surface area contributed by atoms with Gasteiger partial charge in [-0.15, -0.1) is 0 Å². The highest BCUT2D eigenvalue weighted by molar-refractivity contribution is 6.24. The molecular weight excluding hydrogens is 318 g/mol. The van der Waals surface area contributed by atoms with Gasteiger partial charge in [-0.1, -0.05) is 48.0 Å². The molecule has 5 heteroatoms. The number of ketones is 2. The Morgan fingerprint density at radius 2 is 1.60 bits per heavy atom. The molecule has 0 fully saturated rings. The van der Waals surface area contributed by atoms with E-state index in [0.717, 1.165) is 6.42 Å². The Labute approximate surface area is 151 Å². The summed E-state index contributed by atoms with van der Waals surface area (Å²) in [6, 6.07) is -0.784. The van der Waals surface area contributed by atoms with Crippen LogP contribution < -0.4 is 5.73 Å². The van der Waals surface area contributed by atoms with Crippen LogP contribution in [0.4, 0.5) is 0 Å². The standard InChI is InChI=1S/C20H35NO4/c1-11(2)7-9-14-18(23)16(17(22)13(5)6)19(24)20(14,25)15(21)10-8-12(3)4/h11-15,24-25H,7-10,21H2,1-6H3/t14-,15+,20?/m1/s1. The number of carbonyl (C=O) groups is 2. The number of nitrogens with two attached hydrogens (primary N) is 1. The van der Waals surface area contributed by atoms with Crippen LogP contribution in [0, 0.1) is 23.7 Å². The highest BCUT2D eigenvalue weighted by Crippen LogP contribution is 2.43. The summed E-state index contributed by atoms with van der Waals surface area (Å²) in [5.74, 6) is -1.94. The van der Waals surface area contributed by atoms with Crippen molar-refractivity contribution >= 4 is 11.6 Å². The maximum Gasteiger partial charge on any atom is 0.176 e. The van der Waals surface area contributed by atoms with Crippen molar-refractivity contribution in [3.8, 4) is 0 Å². The average molecular weight is 354 g/mol. The lowest BCUT2D eigenvalue weighted by atomic mass is 9.77. The van der Waals surface area contributed by atoms with Gasteiger partial charge in [0, 0.05) is 12.0 Å². The molecule has 1 rings (SSSR count). The van der Waals surface area contributed by atoms with Crippen molar-refractivity contribution < 1.29 is 19.8 Å². The Morgan fingerprint density at radius 1 is 1.08 bits per heavy atom. The highest BCUT2D eigenvalue weighted by Gasteiger charge is 2.57. The summed E-state index contributed by atoms with van der Waals surface area (Å²) >= 11 is 0. The molecule has 0 bridgehead atoms. The minimum absolute atomic E-state index is 0.244. The van der Waals surface area contributed by atoms with Crippen molar-refractivity contribution in [1.29, 1.82) is 0 Å². The summed E-state index contributed by atoms with van der Waals surface area (Å²) in [5, 5.41) is 22.0. The van der Waals surface area contributed by atoms with Crippen LogP contribution in [-0.2, 0) is 9.59 Å². The van der Waals surface area contributed by atoms with E-state index in [4.69, 9.17) is 5.73 Å². The first kappa shape index (κ1) is 21.8. The van der Waals surface area contributed by atoms with E-state index < -0.39 is 40.8 Å². The van der Waals surface area contributed by atoms with Crippen LogP contribution in [0.5, 0.6) is 0 Å². The molecule has 5 nitrogen and oxygen atoms in total. The molecule has 0 spiro atoms. The predicted octanol–water partition coefficient (Wildman–Crippen LogP) is 3.15. The third kappa shape index (κ3) is 4.50. The van der Waals surface area contributed by atoms with Gasteiger partial charge in [0.1, 0.15) is 16.9 Å². The maximum absolute atomic E-state index is 12.9. The Bertz CT molecular complexity index is 536. The fourth-order valence-electron chi connectivity index (χ4n) is 3.40. The summed E-state index contributed by atoms with van der Waals surface area (Å²) in [5.41, 5.74) is 4.15. The highest BCUT2D eigenvalue weighted by atomic mass is 16.3. The zero-order chi connectivity index (χ0) is 19.5. The van der Waals surface area contributed by atoms with Gasteiger partial charge in [0.15, 0.2) is 11.6 Å². The minimum atomic E-state index is -1.85. The van der Waals surface area contributed by atoms with Gasteiger partial charge < -0.3 is 15.9 Å². The van der Waals surface area contributed by atoms with Crippen LogP contribution in [0.2, 0.25) is 0 Å². The zero-order valence-corrected chi connectivity index (χ0v) is 16.5. The van der Waals surface area contributed by atoms with E-state index in [9.17, 15) is 19.8 Å². The molecule has 3 atom stereocenters. The average Bonchev–Trinajstić information content (AvgIpc) is 2.69. The number of aliphatic hydroxyl groups is 2. The third-order valence-corrected chi connectivity index (χ3v) is 5.13. The van der Waals surface area contributed by atoms with Crippen molar-refractivity contribution in [2.45, 2.75) is 78.9 Å². The number of rotatable bonds is 9. The SMILES string of the molecule is CC(C)CC[C@@H]1C(=O)C(C(=O)C(C)C)=C(O)C1(O)[C@@H](N)CCC(C)C. The van der Waals surface area contributed by atoms with Crippen molar-refractivity contribution in [3.05, 3.63) is 11.3 Å². The fraction of sp³-hybridized carbons (Fsp3) is 0.800. The second kappa shape index (κ2) is 8.45. The summed E-state index contributed by atoms with van der Waals surface area (Å²) in [7, 11) is 0. The van der Waals surface area contributed by atoms with E-state index >= 15 is 0 Å². The van der Waals surface area contributed by atoms with Crippen LogP contribution in [0.15, 0.2) is 11.3 Å². The predicted molar refractivity (Wildman–Crippen MR) is 99.1 cm³/mol. The Balaban J connectivity index is 3.27. The molecule has 1 aliphatic carbocycles. The van der Waals surface area contributed by atoms with Crippen molar-refractivity contribution in [2.75, 3.05) is 0 Å². The molecule has 0 aromatic rings. The van der Waals surface area contributed by atoms with Gasteiger partial charge in [-0.3, -0.25) is 9.59 Å². The Kier molecular flexibility index (Phi) is 7.39. The molecule has 0 aromatic carbocycles. The number of hydrogen-bond acceptors (Lipinski definition) is 5. The Morgan fingerprint density at radius 3 is 2.04 bits per heavy atom. The molecule has 0 heterocycles. The fourth-order valence-corrected chi connectivity index (χ4v) is 3.40. The van der Waals surface area contributed by atoms with Crippen LogP contribution in [0.3, 0.4) is 0 Å². The molecular formula is C20H35NO4. The van der Waals surface area contributed by atoms with E-state index in [1.54, 1.807) is 13.8 Å². The quantitative estimate of drug-likeness (QED) is 0.553. The second-order valence-corrected chi connectivity index (χ2v) is 8.53. The zero-order valence-electron chi connectivity index (χ0n) is 16.5. The largest absolute Gasteiger partial charge is 0.508 e. The van der Waals surface area contributed by atoms with Crippen LogP contribution in [0.25, 0.3) is 0 Å². The number of aliphatic hydroxyl groups excluding tert-OH is 1. The van der Waals surface area contributed by atoms with Gasteiger partial charge >= 0.3 is 0 Å². The van der Waals surface area contributed by atoms with Crippen LogP contribution >= 0.6 is 0 Å². The lowest BCUT2D eigenvalue weighted by Gasteiger charge is -2.35. The van der Waals surface area contributed by atoms with Crippen LogP contribution in [0.1, 0.15) is 67.2 Å². The summed E-state index contributed by atoms with van der Waals surface area (Å²) in [6.45, 7) is 11.5. The smallest absolute Gasteiger partial charge is 0.176 e. The van der Waals surface area contributed by atoms with Gasteiger partial charge in [-0.05, 0) is 31.1 Å². The van der Waals surface area contributed by atoms with Crippen LogP contribution in [-0.4, -0.2) is 33.4 Å². The molecule has 144 valence electrons. The van der Waals surface area contributed by atoms with Crippen molar-refractivity contribution in [2.24, 2.45) is 29.4 Å². The lowest BCUT2D eigenvalue weighted by Crippen LogP contribution is -2.54. The molecule has 0 saturated carbocycles. The van der Waals surface area contributed by atoms with E-state index in [2.05, 4.69) is 13.8 Å². The van der Waals surface area contributed by atoms with Gasteiger partial charge in [-0.25, -0.2) is 0 Å². The first-order chi connectivity index (χ1) is 11.4. The monoisotopic (exact) mass is 353 g/mol. The van der Waals surface area contributed by atoms with E-state index in [1.807, 2.05) is 13.8 Å². The van der Waals surface area contributed by atoms with E-state index in [0.29, 0.717) is 31.1 Å². The van der Waals surface area contributed by atoms with E-state index in [-0.39, 0.29) is 5.57 Å². The second-order valence-electron chi connectivity index (χ2n) is 8.53. The minimum Gasteiger partial charge on any atom is -0.508 e. The molecule has 0 saturated heterocycles. The molecule has 0 radical (unpaired) electrons. The normalized spacial score (nSPS) is 25.6. The molecule has 0 aromatic heterocycles. The molecule has 4 N–H and O–H groups in total. The first-order valence-corrected chi connectivity index (χ1v) is 9.44. The molecule has 1 aliphatic rings. The van der Waals surface area contributed by atoms with Crippen molar-refractivity contribution in [3.63, 3.8) is 0 Å². The first-order valence-electron chi connectivity index (χ1n) is 9.44. The van der Waals surface area contributed by atoms with Gasteiger partial charge in [0.2, 0.25) is 0 Å². The molecule has 1 unspecified atom stereocenters. The Hall–Kier alpha value is -1.20. The molecule has 25 heavy (non-hydrogen) atoms. The number of Topliss-reactive ketones (excluding diaryl/α,β-unsaturated/α-hetero) is 2. The number of allylic oxidation sites excluding steroid dienone is 1. The van der Waals surface area contributed by atoms with E-state index in [1.165, 1.54) is 0 Å². The lowest BCUT2D eigenvalue weighted by molar-refractivity contribution is -0.128. The van der Waals surface area contributed by atoms with Crippen molar-refractivity contribution in [1.82, 2.24) is 0 Å². The summed E-state index contributed by atoms with van der Waals surface area (Å²) in [4.78, 5) is 25.3. The molecule has 0 amide bonds. The maximum atomic E-state index is 12.9. The topological polar surface area (TPSA) is 101 Å². The third-order valence-electron chi connectivity index (χ3n) is 5.13.